The largest absolute Gasteiger partial charge is 0.490 e. The van der Waals surface area contributed by atoms with Crippen molar-refractivity contribution in [1.29, 1.82) is 0 Å². The molecule has 1 aromatic heterocycles. The van der Waals surface area contributed by atoms with Crippen LogP contribution in [0.15, 0.2) is 60.9 Å². The molecule has 0 aliphatic rings. The molecule has 4 rings (SSSR count). The van der Waals surface area contributed by atoms with E-state index < -0.39 is 11.6 Å². The minimum Gasteiger partial charge on any atom is -0.490 e. The van der Waals surface area contributed by atoms with E-state index in [1.54, 1.807) is 30.6 Å². The van der Waals surface area contributed by atoms with Gasteiger partial charge in [0.1, 0.15) is 5.82 Å². The van der Waals surface area contributed by atoms with E-state index in [9.17, 15) is 8.78 Å². The molecule has 0 fully saturated rings. The Morgan fingerprint density at radius 2 is 1.64 bits per heavy atom. The van der Waals surface area contributed by atoms with E-state index >= 15 is 4.39 Å². The zero-order chi connectivity index (χ0) is 23.2. The van der Waals surface area contributed by atoms with Gasteiger partial charge < -0.3 is 4.74 Å². The summed E-state index contributed by atoms with van der Waals surface area (Å²) in [7, 11) is 0. The monoisotopic (exact) mass is 450 g/mol. The summed E-state index contributed by atoms with van der Waals surface area (Å²) in [5, 5.41) is 1.24. The number of unbranched alkanes of at least 4 members (excludes halogenated alkanes) is 2. The van der Waals surface area contributed by atoms with Crippen LogP contribution in [0.5, 0.6) is 5.75 Å². The molecule has 0 unspecified atom stereocenters. The summed E-state index contributed by atoms with van der Waals surface area (Å²) >= 11 is 0. The maximum atomic E-state index is 15.1. The van der Waals surface area contributed by atoms with Crippen LogP contribution < -0.4 is 4.74 Å². The van der Waals surface area contributed by atoms with Crippen molar-refractivity contribution in [3.63, 3.8) is 0 Å². The highest BCUT2D eigenvalue weighted by molar-refractivity contribution is 5.87. The van der Waals surface area contributed by atoms with Crippen molar-refractivity contribution in [3.05, 3.63) is 89.5 Å². The summed E-state index contributed by atoms with van der Waals surface area (Å²) in [5.41, 5.74) is 1.94. The molecule has 1 heterocycles. The maximum absolute atomic E-state index is 15.1. The van der Waals surface area contributed by atoms with Gasteiger partial charge in [-0.25, -0.2) is 23.1 Å². The zero-order valence-corrected chi connectivity index (χ0v) is 18.5. The zero-order valence-electron chi connectivity index (χ0n) is 18.5. The average Bonchev–Trinajstić information content (AvgIpc) is 2.84. The van der Waals surface area contributed by atoms with Gasteiger partial charge in [-0.3, -0.25) is 0 Å². The van der Waals surface area contributed by atoms with Crippen LogP contribution in [0.2, 0.25) is 0 Å². The Hall–Kier alpha value is -3.41. The molecule has 0 N–H and O–H groups in total. The number of ether oxygens (including phenoxy) is 1. The molecule has 33 heavy (non-hydrogen) atoms. The number of nitrogens with zero attached hydrogens (tertiary/aromatic N) is 2. The SMILES string of the molecule is CCCCCOc1cnc(-c2ccc3c(F)c(CCc4ccc(F)c(F)c4)ccc3c2)nc1. The van der Waals surface area contributed by atoms with E-state index in [1.165, 1.54) is 6.07 Å². The fraction of sp³-hybridized carbons (Fsp3) is 0.259. The van der Waals surface area contributed by atoms with Crippen LogP contribution in [0, 0.1) is 17.5 Å². The molecular formula is C27H25F3N2O. The van der Waals surface area contributed by atoms with Crippen LogP contribution in [0.4, 0.5) is 13.2 Å². The van der Waals surface area contributed by atoms with Crippen LogP contribution in [-0.2, 0) is 12.8 Å². The fourth-order valence-electron chi connectivity index (χ4n) is 3.73. The molecule has 6 heteroatoms. The quantitative estimate of drug-likeness (QED) is 0.256. The molecule has 0 bridgehead atoms. The van der Waals surface area contributed by atoms with Crippen LogP contribution in [-0.4, -0.2) is 16.6 Å². The Labute approximate surface area is 191 Å². The van der Waals surface area contributed by atoms with E-state index in [0.717, 1.165) is 42.3 Å². The highest BCUT2D eigenvalue weighted by Gasteiger charge is 2.11. The van der Waals surface area contributed by atoms with Crippen LogP contribution in [0.1, 0.15) is 37.3 Å². The molecular weight excluding hydrogens is 425 g/mol. The fourth-order valence-corrected chi connectivity index (χ4v) is 3.73. The molecule has 0 saturated carbocycles. The first-order valence-corrected chi connectivity index (χ1v) is 11.2. The standard InChI is InChI=1S/C27H25F3N2O/c1-2-3-4-13-33-22-16-31-27(32-17-22)21-10-11-23-20(15-21)9-8-19(26(23)30)7-5-18-6-12-24(28)25(29)14-18/h6,8-12,14-17H,2-5,7,13H2,1H3. The molecule has 170 valence electrons. The van der Waals surface area contributed by atoms with Gasteiger partial charge in [0.15, 0.2) is 23.2 Å². The number of rotatable bonds is 9. The predicted molar refractivity (Wildman–Crippen MR) is 124 cm³/mol. The lowest BCUT2D eigenvalue weighted by molar-refractivity contribution is 0.304. The molecule has 4 aromatic rings. The van der Waals surface area contributed by atoms with Crippen molar-refractivity contribution < 1.29 is 17.9 Å². The number of hydrogen-bond acceptors (Lipinski definition) is 3. The van der Waals surface area contributed by atoms with Gasteiger partial charge in [-0.1, -0.05) is 50.1 Å². The molecule has 0 saturated heterocycles. The lowest BCUT2D eigenvalue weighted by atomic mass is 9.99. The summed E-state index contributed by atoms with van der Waals surface area (Å²) in [6.07, 6.45) is 7.37. The van der Waals surface area contributed by atoms with Crippen molar-refractivity contribution in [2.24, 2.45) is 0 Å². The normalized spacial score (nSPS) is 11.2. The van der Waals surface area contributed by atoms with E-state index in [2.05, 4.69) is 16.9 Å². The van der Waals surface area contributed by atoms with Gasteiger partial charge in [-0.05, 0) is 54.0 Å². The first kappa shape index (κ1) is 22.8. The number of benzene rings is 3. The number of aromatic nitrogens is 2. The van der Waals surface area contributed by atoms with E-state index in [1.807, 2.05) is 12.1 Å². The number of hydrogen-bond donors (Lipinski definition) is 0. The first-order valence-electron chi connectivity index (χ1n) is 11.2. The Balaban J connectivity index is 1.47. The Morgan fingerprint density at radius 3 is 2.39 bits per heavy atom. The van der Waals surface area contributed by atoms with Crippen molar-refractivity contribution in [3.8, 4) is 17.1 Å². The molecule has 3 aromatic carbocycles. The van der Waals surface area contributed by atoms with E-state index in [-0.39, 0.29) is 5.82 Å². The van der Waals surface area contributed by atoms with Gasteiger partial charge in [-0.15, -0.1) is 0 Å². The lowest BCUT2D eigenvalue weighted by Gasteiger charge is -2.09. The summed E-state index contributed by atoms with van der Waals surface area (Å²) in [6.45, 7) is 2.79. The molecule has 0 amide bonds. The predicted octanol–water partition coefficient (Wildman–Crippen LogP) is 7.07. The second-order valence-electron chi connectivity index (χ2n) is 8.02. The maximum Gasteiger partial charge on any atom is 0.159 e. The molecule has 0 aliphatic heterocycles. The Bertz CT molecular complexity index is 1240. The molecule has 0 aliphatic carbocycles. The van der Waals surface area contributed by atoms with Gasteiger partial charge in [0.2, 0.25) is 0 Å². The summed E-state index contributed by atoms with van der Waals surface area (Å²) in [6, 6.07) is 12.7. The highest BCUT2D eigenvalue weighted by Crippen LogP contribution is 2.27. The third-order valence-corrected chi connectivity index (χ3v) is 5.60. The molecule has 0 spiro atoms. The number of fused-ring (bicyclic) bond motifs is 1. The van der Waals surface area contributed by atoms with Crippen molar-refractivity contribution in [2.45, 2.75) is 39.0 Å². The van der Waals surface area contributed by atoms with E-state index in [0.29, 0.717) is 47.5 Å². The van der Waals surface area contributed by atoms with Gasteiger partial charge in [-0.2, -0.15) is 0 Å². The van der Waals surface area contributed by atoms with Gasteiger partial charge in [0.25, 0.3) is 0 Å². The van der Waals surface area contributed by atoms with Crippen LogP contribution in [0.25, 0.3) is 22.2 Å². The van der Waals surface area contributed by atoms with E-state index in [4.69, 9.17) is 4.74 Å². The van der Waals surface area contributed by atoms with Gasteiger partial charge in [0, 0.05) is 10.9 Å². The van der Waals surface area contributed by atoms with Crippen molar-refractivity contribution >= 4 is 10.8 Å². The topological polar surface area (TPSA) is 35.0 Å². The van der Waals surface area contributed by atoms with Crippen molar-refractivity contribution in [2.75, 3.05) is 6.61 Å². The average molecular weight is 451 g/mol. The minimum atomic E-state index is -0.891. The second-order valence-corrected chi connectivity index (χ2v) is 8.02. The number of aryl methyl sites for hydroxylation is 2. The third kappa shape index (κ3) is 5.51. The number of halogens is 3. The van der Waals surface area contributed by atoms with Crippen LogP contribution >= 0.6 is 0 Å². The minimum absolute atomic E-state index is 0.307. The Morgan fingerprint density at radius 1 is 0.818 bits per heavy atom. The first-order chi connectivity index (χ1) is 16.0. The third-order valence-electron chi connectivity index (χ3n) is 5.60. The summed E-state index contributed by atoms with van der Waals surface area (Å²) in [4.78, 5) is 8.77. The second kappa shape index (κ2) is 10.5. The lowest BCUT2D eigenvalue weighted by Crippen LogP contribution is -1.99. The molecule has 3 nitrogen and oxygen atoms in total. The van der Waals surface area contributed by atoms with Gasteiger partial charge >= 0.3 is 0 Å². The molecule has 0 radical (unpaired) electrons. The van der Waals surface area contributed by atoms with Crippen LogP contribution in [0.3, 0.4) is 0 Å². The summed E-state index contributed by atoms with van der Waals surface area (Å²) in [5.74, 6) is -0.909. The Kier molecular flexibility index (Phi) is 7.23. The smallest absolute Gasteiger partial charge is 0.159 e. The summed E-state index contributed by atoms with van der Waals surface area (Å²) < 4.78 is 47.3. The van der Waals surface area contributed by atoms with Crippen molar-refractivity contribution in [1.82, 2.24) is 9.97 Å². The van der Waals surface area contributed by atoms with Gasteiger partial charge in [0.05, 0.1) is 19.0 Å². The highest BCUT2D eigenvalue weighted by atomic mass is 19.2. The molecule has 0 atom stereocenters.